The van der Waals surface area contributed by atoms with Crippen molar-refractivity contribution in [2.75, 3.05) is 25.0 Å². The van der Waals surface area contributed by atoms with E-state index < -0.39 is 0 Å². The van der Waals surface area contributed by atoms with Crippen LogP contribution in [0.15, 0.2) is 0 Å². The van der Waals surface area contributed by atoms with Gasteiger partial charge in [-0.1, -0.05) is 15.9 Å². The zero-order valence-electron chi connectivity index (χ0n) is 9.46. The third-order valence-corrected chi connectivity index (χ3v) is 3.13. The second-order valence-electron chi connectivity index (χ2n) is 4.68. The largest absolute Gasteiger partial charge is 0.462 e. The molecule has 0 amide bonds. The van der Waals surface area contributed by atoms with Gasteiger partial charge in [-0.3, -0.25) is 9.69 Å². The Bertz CT molecular complexity index is 225. The fourth-order valence-electron chi connectivity index (χ4n) is 1.34. The van der Waals surface area contributed by atoms with Gasteiger partial charge in [0.05, 0.1) is 6.61 Å². The zero-order chi connectivity index (χ0) is 11.5. The van der Waals surface area contributed by atoms with Crippen molar-refractivity contribution in [1.82, 2.24) is 4.90 Å². The van der Waals surface area contributed by atoms with Crippen LogP contribution in [0.2, 0.25) is 0 Å². The Kier molecular flexibility index (Phi) is 4.14. The van der Waals surface area contributed by atoms with E-state index in [9.17, 15) is 4.79 Å². The number of nitrogens with zero attached hydrogens (tertiary/aromatic N) is 1. The van der Waals surface area contributed by atoms with Crippen LogP contribution < -0.4 is 0 Å². The summed E-state index contributed by atoms with van der Waals surface area (Å²) in [6, 6.07) is 0. The normalized spacial score (nSPS) is 32.4. The topological polar surface area (TPSA) is 38.5 Å². The molecular weight excluding hydrogens is 262 g/mol. The average molecular weight is 280 g/mol. The summed E-state index contributed by atoms with van der Waals surface area (Å²) in [6.45, 7) is 9.11. The van der Waals surface area contributed by atoms with E-state index in [0.29, 0.717) is 6.47 Å². The van der Waals surface area contributed by atoms with Crippen molar-refractivity contribution in [3.8, 4) is 0 Å². The van der Waals surface area contributed by atoms with Gasteiger partial charge in [-0.05, 0) is 20.8 Å². The van der Waals surface area contributed by atoms with Gasteiger partial charge >= 0.3 is 0 Å². The zero-order valence-corrected chi connectivity index (χ0v) is 11.0. The number of alkyl halides is 1. The van der Waals surface area contributed by atoms with Crippen LogP contribution >= 0.6 is 15.9 Å². The molecule has 0 saturated carbocycles. The molecule has 2 aliphatic rings. The Balaban J connectivity index is 0.000000153. The minimum atomic E-state index is -0.318. The molecule has 2 aliphatic heterocycles. The molecule has 0 N–H and O–H groups in total. The maximum absolute atomic E-state index is 9.60. The molecular formula is C10H18BrNO3. The highest BCUT2D eigenvalue weighted by Crippen LogP contribution is 2.38. The summed E-state index contributed by atoms with van der Waals surface area (Å²) >= 11 is 3.41. The maximum Gasteiger partial charge on any atom is 0.293 e. The summed E-state index contributed by atoms with van der Waals surface area (Å²) in [4.78, 5) is 11.9. The summed E-state index contributed by atoms with van der Waals surface area (Å²) in [5.74, 6) is 0. The van der Waals surface area contributed by atoms with Gasteiger partial charge in [0, 0.05) is 18.4 Å². The average Bonchev–Trinajstić information content (AvgIpc) is 2.69. The van der Waals surface area contributed by atoms with E-state index in [-0.39, 0.29) is 11.3 Å². The second kappa shape index (κ2) is 4.80. The molecule has 88 valence electrons. The molecule has 2 heterocycles. The van der Waals surface area contributed by atoms with Crippen molar-refractivity contribution in [3.63, 3.8) is 0 Å². The SMILES string of the molecule is BrCC12CN1CCO2.CC(C)(C)OC=O. The van der Waals surface area contributed by atoms with Gasteiger partial charge in [-0.25, -0.2) is 0 Å². The van der Waals surface area contributed by atoms with E-state index in [2.05, 4.69) is 25.6 Å². The van der Waals surface area contributed by atoms with Gasteiger partial charge in [0.2, 0.25) is 0 Å². The van der Waals surface area contributed by atoms with Gasteiger partial charge in [0.1, 0.15) is 11.3 Å². The lowest BCUT2D eigenvalue weighted by Crippen LogP contribution is -2.17. The number of carbonyl (C=O) groups excluding carboxylic acids is 1. The van der Waals surface area contributed by atoms with Crippen molar-refractivity contribution >= 4 is 22.4 Å². The molecule has 0 aromatic heterocycles. The molecule has 0 aliphatic carbocycles. The van der Waals surface area contributed by atoms with Gasteiger partial charge in [0.25, 0.3) is 6.47 Å². The number of rotatable bonds is 2. The van der Waals surface area contributed by atoms with Crippen LogP contribution in [-0.4, -0.2) is 47.7 Å². The molecule has 0 spiro atoms. The standard InChI is InChI=1S/C5H8BrNO.C5H10O2/c6-3-5-4-7(5)1-2-8-5;1-5(2,3)7-4-6/h1-4H2;4H,1-3H3. The first-order chi connectivity index (χ1) is 6.93. The summed E-state index contributed by atoms with van der Waals surface area (Å²) in [5.41, 5.74) is -0.165. The lowest BCUT2D eigenvalue weighted by atomic mass is 10.2. The number of carbonyl (C=O) groups is 1. The molecule has 4 nitrogen and oxygen atoms in total. The lowest BCUT2D eigenvalue weighted by Gasteiger charge is -2.14. The van der Waals surface area contributed by atoms with Crippen molar-refractivity contribution in [2.45, 2.75) is 32.1 Å². The Morgan fingerprint density at radius 1 is 1.60 bits per heavy atom. The van der Waals surface area contributed by atoms with Crippen molar-refractivity contribution in [3.05, 3.63) is 0 Å². The Labute approximate surface area is 99.0 Å². The van der Waals surface area contributed by atoms with Gasteiger partial charge < -0.3 is 9.47 Å². The van der Waals surface area contributed by atoms with E-state index >= 15 is 0 Å². The minimum absolute atomic E-state index is 0.153. The van der Waals surface area contributed by atoms with E-state index in [1.807, 2.05) is 20.8 Å². The van der Waals surface area contributed by atoms with Crippen LogP contribution in [0.5, 0.6) is 0 Å². The fraction of sp³-hybridized carbons (Fsp3) is 0.900. The van der Waals surface area contributed by atoms with E-state index in [1.165, 1.54) is 0 Å². The first kappa shape index (κ1) is 12.9. The van der Waals surface area contributed by atoms with E-state index in [4.69, 9.17) is 4.74 Å². The quantitative estimate of drug-likeness (QED) is 0.435. The highest BCUT2D eigenvalue weighted by molar-refractivity contribution is 9.09. The molecule has 0 aromatic carbocycles. The summed E-state index contributed by atoms with van der Waals surface area (Å²) in [6.07, 6.45) is 0. The summed E-state index contributed by atoms with van der Waals surface area (Å²) < 4.78 is 9.99. The smallest absolute Gasteiger partial charge is 0.293 e. The fourth-order valence-corrected chi connectivity index (χ4v) is 2.03. The van der Waals surface area contributed by atoms with Gasteiger partial charge in [-0.15, -0.1) is 0 Å². The molecule has 0 bridgehead atoms. The Morgan fingerprint density at radius 2 is 2.27 bits per heavy atom. The molecule has 0 aromatic rings. The monoisotopic (exact) mass is 279 g/mol. The minimum Gasteiger partial charge on any atom is -0.462 e. The Morgan fingerprint density at radius 3 is 2.40 bits per heavy atom. The van der Waals surface area contributed by atoms with Crippen LogP contribution in [0.1, 0.15) is 20.8 Å². The number of fused-ring (bicyclic) bond motifs is 1. The number of halogens is 1. The molecule has 2 saturated heterocycles. The summed E-state index contributed by atoms with van der Waals surface area (Å²) in [5, 5.41) is 0.972. The highest BCUT2D eigenvalue weighted by atomic mass is 79.9. The van der Waals surface area contributed by atoms with E-state index in [0.717, 1.165) is 25.0 Å². The third kappa shape index (κ3) is 3.74. The van der Waals surface area contributed by atoms with Gasteiger partial charge in [0.15, 0.2) is 0 Å². The van der Waals surface area contributed by atoms with Crippen LogP contribution in [0.3, 0.4) is 0 Å². The van der Waals surface area contributed by atoms with E-state index in [1.54, 1.807) is 0 Å². The molecule has 5 heteroatoms. The van der Waals surface area contributed by atoms with Crippen molar-refractivity contribution in [2.24, 2.45) is 0 Å². The molecule has 15 heavy (non-hydrogen) atoms. The van der Waals surface area contributed by atoms with Gasteiger partial charge in [-0.2, -0.15) is 0 Å². The number of hydrogen-bond acceptors (Lipinski definition) is 4. The number of hydrogen-bond donors (Lipinski definition) is 0. The second-order valence-corrected chi connectivity index (χ2v) is 5.24. The molecule has 0 radical (unpaired) electrons. The summed E-state index contributed by atoms with van der Waals surface area (Å²) in [7, 11) is 0. The van der Waals surface area contributed by atoms with Crippen LogP contribution in [0, 0.1) is 0 Å². The predicted octanol–water partition coefficient (Wildman–Crippen LogP) is 1.38. The molecule has 2 rings (SSSR count). The maximum atomic E-state index is 9.60. The third-order valence-electron chi connectivity index (χ3n) is 2.25. The first-order valence-corrected chi connectivity index (χ1v) is 6.12. The van der Waals surface area contributed by atoms with Crippen molar-refractivity contribution in [1.29, 1.82) is 0 Å². The number of ether oxygens (including phenoxy) is 2. The Hall–Kier alpha value is -0.130. The molecule has 2 atom stereocenters. The first-order valence-electron chi connectivity index (χ1n) is 5.00. The highest BCUT2D eigenvalue weighted by Gasteiger charge is 2.55. The predicted molar refractivity (Wildman–Crippen MR) is 61.0 cm³/mol. The van der Waals surface area contributed by atoms with Crippen LogP contribution in [0.25, 0.3) is 0 Å². The molecule has 2 unspecified atom stereocenters. The lowest BCUT2D eigenvalue weighted by molar-refractivity contribution is -0.138. The molecule has 2 fully saturated rings. The van der Waals surface area contributed by atoms with Crippen LogP contribution in [0.4, 0.5) is 0 Å². The number of morpholine rings is 1. The van der Waals surface area contributed by atoms with Crippen molar-refractivity contribution < 1.29 is 14.3 Å². The van der Waals surface area contributed by atoms with Crippen LogP contribution in [-0.2, 0) is 14.3 Å².